The van der Waals surface area contributed by atoms with Crippen LogP contribution < -0.4 is 5.73 Å². The smallest absolute Gasteiger partial charge is 0.325 e. The summed E-state index contributed by atoms with van der Waals surface area (Å²) in [6, 6.07) is 5.19. The van der Waals surface area contributed by atoms with Gasteiger partial charge in [-0.15, -0.1) is 0 Å². The van der Waals surface area contributed by atoms with Crippen LogP contribution in [0.15, 0.2) is 29.3 Å². The second-order valence-electron chi connectivity index (χ2n) is 5.08. The Morgan fingerprint density at radius 3 is 2.29 bits per heavy atom. The van der Waals surface area contributed by atoms with Gasteiger partial charge in [0.2, 0.25) is 0 Å². The van der Waals surface area contributed by atoms with Crippen molar-refractivity contribution in [2.24, 2.45) is 10.7 Å². The minimum absolute atomic E-state index is 0.342. The minimum atomic E-state index is -4.29. The van der Waals surface area contributed by atoms with Crippen molar-refractivity contribution in [1.82, 2.24) is 0 Å². The predicted octanol–water partition coefficient (Wildman–Crippen LogP) is 4.23. The van der Waals surface area contributed by atoms with Gasteiger partial charge in [0.1, 0.15) is 0 Å². The molecule has 0 aliphatic carbocycles. The molecule has 0 aromatic heterocycles. The number of nitrogens with zero attached hydrogens (tertiary/aromatic N) is 1. The maximum absolute atomic E-state index is 12.5. The molecule has 0 aliphatic rings. The van der Waals surface area contributed by atoms with Crippen molar-refractivity contribution >= 4 is 5.71 Å². The monoisotopic (exact) mass is 300 g/mol. The van der Waals surface area contributed by atoms with Gasteiger partial charge in [-0.2, -0.15) is 13.2 Å². The summed E-state index contributed by atoms with van der Waals surface area (Å²) in [5.74, 6) is 0. The molecule has 0 bridgehead atoms. The molecule has 0 radical (unpaired) electrons. The fourth-order valence-corrected chi connectivity index (χ4v) is 2.02. The van der Waals surface area contributed by atoms with Crippen molar-refractivity contribution in [3.8, 4) is 0 Å². The van der Waals surface area contributed by atoms with Gasteiger partial charge in [-0.25, -0.2) is 0 Å². The predicted molar refractivity (Wildman–Crippen MR) is 80.6 cm³/mol. The Labute approximate surface area is 124 Å². The van der Waals surface area contributed by atoms with Gasteiger partial charge in [0, 0.05) is 25.2 Å². The molecule has 1 rings (SSSR count). The van der Waals surface area contributed by atoms with Crippen LogP contribution >= 0.6 is 0 Å². The Morgan fingerprint density at radius 2 is 1.76 bits per heavy atom. The van der Waals surface area contributed by atoms with E-state index in [1.54, 1.807) is 0 Å². The Kier molecular flexibility index (Phi) is 7.43. The number of hydrogen-bond acceptors (Lipinski definition) is 2. The molecule has 5 heteroatoms. The van der Waals surface area contributed by atoms with E-state index < -0.39 is 11.7 Å². The third-order valence-corrected chi connectivity index (χ3v) is 3.27. The van der Waals surface area contributed by atoms with Crippen LogP contribution in [-0.4, -0.2) is 18.8 Å². The fourth-order valence-electron chi connectivity index (χ4n) is 2.02. The van der Waals surface area contributed by atoms with E-state index in [0.29, 0.717) is 13.0 Å². The van der Waals surface area contributed by atoms with E-state index >= 15 is 0 Å². The van der Waals surface area contributed by atoms with Crippen molar-refractivity contribution in [3.05, 3.63) is 35.4 Å². The molecule has 0 aliphatic heterocycles. The molecule has 0 spiro atoms. The van der Waals surface area contributed by atoms with Crippen LogP contribution in [0.25, 0.3) is 0 Å². The maximum Gasteiger partial charge on any atom is 0.416 e. The standard InChI is InChI=1S/C16H23F3N2/c1-2-3-4-5-10-21-15(12-20)11-13-6-8-14(9-7-13)16(17,18)19/h6-9H,2-5,10-12,20H2,1H3. The van der Waals surface area contributed by atoms with E-state index in [4.69, 9.17) is 5.73 Å². The molecule has 0 atom stereocenters. The number of aliphatic imine (C=N–C) groups is 1. The second-order valence-corrected chi connectivity index (χ2v) is 5.08. The van der Waals surface area contributed by atoms with Crippen LogP contribution in [0.1, 0.15) is 43.7 Å². The van der Waals surface area contributed by atoms with Gasteiger partial charge >= 0.3 is 6.18 Å². The Balaban J connectivity index is 2.55. The third-order valence-electron chi connectivity index (χ3n) is 3.27. The first-order chi connectivity index (χ1) is 9.97. The average molecular weight is 300 g/mol. The highest BCUT2D eigenvalue weighted by molar-refractivity contribution is 5.88. The zero-order valence-corrected chi connectivity index (χ0v) is 12.4. The molecule has 0 amide bonds. The lowest BCUT2D eigenvalue weighted by atomic mass is 10.1. The highest BCUT2D eigenvalue weighted by Crippen LogP contribution is 2.29. The summed E-state index contributed by atoms with van der Waals surface area (Å²) >= 11 is 0. The third kappa shape index (κ3) is 6.76. The second kappa shape index (κ2) is 8.82. The molecule has 0 unspecified atom stereocenters. The molecular formula is C16H23F3N2. The average Bonchev–Trinajstić information content (AvgIpc) is 2.45. The van der Waals surface area contributed by atoms with Gasteiger partial charge in [0.25, 0.3) is 0 Å². The highest BCUT2D eigenvalue weighted by Gasteiger charge is 2.29. The normalized spacial score (nSPS) is 12.7. The van der Waals surface area contributed by atoms with Crippen LogP contribution in [0.2, 0.25) is 0 Å². The van der Waals surface area contributed by atoms with E-state index in [-0.39, 0.29) is 0 Å². The van der Waals surface area contributed by atoms with E-state index in [9.17, 15) is 13.2 Å². The number of nitrogens with two attached hydrogens (primary N) is 1. The summed E-state index contributed by atoms with van der Waals surface area (Å²) in [5, 5.41) is 0. The fraction of sp³-hybridized carbons (Fsp3) is 0.562. The molecule has 1 aromatic rings. The van der Waals surface area contributed by atoms with Crippen molar-refractivity contribution in [2.75, 3.05) is 13.1 Å². The first kappa shape index (κ1) is 17.7. The summed E-state index contributed by atoms with van der Waals surface area (Å²) in [6.45, 7) is 3.24. The van der Waals surface area contributed by atoms with Gasteiger partial charge in [-0.3, -0.25) is 4.99 Å². The lowest BCUT2D eigenvalue weighted by Crippen LogP contribution is -2.17. The van der Waals surface area contributed by atoms with Crippen LogP contribution in [0.3, 0.4) is 0 Å². The largest absolute Gasteiger partial charge is 0.416 e. The summed E-state index contributed by atoms with van der Waals surface area (Å²) in [6.07, 6.45) is 0.791. The molecule has 2 nitrogen and oxygen atoms in total. The molecule has 118 valence electrons. The van der Waals surface area contributed by atoms with Gasteiger partial charge in [-0.1, -0.05) is 38.3 Å². The maximum atomic E-state index is 12.5. The molecule has 0 saturated carbocycles. The number of alkyl halides is 3. The summed E-state index contributed by atoms with van der Waals surface area (Å²) < 4.78 is 37.4. The van der Waals surface area contributed by atoms with Gasteiger partial charge < -0.3 is 5.73 Å². The highest BCUT2D eigenvalue weighted by atomic mass is 19.4. The quantitative estimate of drug-likeness (QED) is 0.566. The zero-order valence-electron chi connectivity index (χ0n) is 12.4. The summed E-state index contributed by atoms with van der Waals surface area (Å²) in [5.41, 5.74) is 6.67. The zero-order chi connectivity index (χ0) is 15.7. The molecular weight excluding hydrogens is 277 g/mol. The van der Waals surface area contributed by atoms with E-state index in [1.165, 1.54) is 25.0 Å². The number of unbranched alkanes of at least 4 members (excludes halogenated alkanes) is 3. The molecule has 0 heterocycles. The number of rotatable bonds is 8. The van der Waals surface area contributed by atoms with Gasteiger partial charge in [0.05, 0.1) is 5.56 Å². The van der Waals surface area contributed by atoms with Crippen LogP contribution in [-0.2, 0) is 12.6 Å². The van der Waals surface area contributed by atoms with E-state index in [2.05, 4.69) is 11.9 Å². The summed E-state index contributed by atoms with van der Waals surface area (Å²) in [7, 11) is 0. The van der Waals surface area contributed by atoms with Crippen LogP contribution in [0.4, 0.5) is 13.2 Å². The molecule has 2 N–H and O–H groups in total. The van der Waals surface area contributed by atoms with Crippen molar-refractivity contribution in [1.29, 1.82) is 0 Å². The SMILES string of the molecule is CCCCCCN=C(CN)Cc1ccc(C(F)(F)F)cc1. The van der Waals surface area contributed by atoms with Crippen molar-refractivity contribution < 1.29 is 13.2 Å². The molecule has 0 fully saturated rings. The number of halogens is 3. The number of hydrogen-bond donors (Lipinski definition) is 1. The Bertz CT molecular complexity index is 436. The van der Waals surface area contributed by atoms with Gasteiger partial charge in [-0.05, 0) is 24.1 Å². The van der Waals surface area contributed by atoms with Crippen LogP contribution in [0.5, 0.6) is 0 Å². The minimum Gasteiger partial charge on any atom is -0.325 e. The van der Waals surface area contributed by atoms with Crippen molar-refractivity contribution in [2.45, 2.75) is 45.2 Å². The first-order valence-corrected chi connectivity index (χ1v) is 7.35. The summed E-state index contributed by atoms with van der Waals surface area (Å²) in [4.78, 5) is 4.45. The lowest BCUT2D eigenvalue weighted by Gasteiger charge is -2.08. The van der Waals surface area contributed by atoms with Crippen molar-refractivity contribution in [3.63, 3.8) is 0 Å². The van der Waals surface area contributed by atoms with Crippen LogP contribution in [0, 0.1) is 0 Å². The Hall–Kier alpha value is -1.36. The molecule has 1 aromatic carbocycles. The lowest BCUT2D eigenvalue weighted by molar-refractivity contribution is -0.137. The number of benzene rings is 1. The van der Waals surface area contributed by atoms with E-state index in [1.807, 2.05) is 0 Å². The molecule has 21 heavy (non-hydrogen) atoms. The Morgan fingerprint density at radius 1 is 1.10 bits per heavy atom. The van der Waals surface area contributed by atoms with Gasteiger partial charge in [0.15, 0.2) is 0 Å². The van der Waals surface area contributed by atoms with E-state index in [0.717, 1.165) is 42.8 Å². The first-order valence-electron chi connectivity index (χ1n) is 7.35. The topological polar surface area (TPSA) is 38.4 Å². The molecule has 0 saturated heterocycles.